The molecule has 2 heterocycles. The molecule has 2 aromatic heterocycles. The molecule has 3 aromatic rings. The molecule has 0 aliphatic rings. The topological polar surface area (TPSA) is 88.9 Å². The molecule has 0 saturated heterocycles. The number of benzene rings is 1. The van der Waals surface area contributed by atoms with Crippen LogP contribution in [-0.4, -0.2) is 29.9 Å². The lowest BCUT2D eigenvalue weighted by atomic mass is 10.0. The molecule has 0 spiro atoms. The molecule has 6 heteroatoms. The van der Waals surface area contributed by atoms with E-state index < -0.39 is 12.0 Å². The molecule has 0 unspecified atom stereocenters. The van der Waals surface area contributed by atoms with Crippen molar-refractivity contribution in [1.82, 2.24) is 4.98 Å². The van der Waals surface area contributed by atoms with Gasteiger partial charge in [0.2, 0.25) is 5.78 Å². The SMILES string of the molecule is COC(=O)c1c(C)[nH]c(C(=O)[C@@H](C)[NH2+][C@H](c2ccccc2)c2ccco2)c1C. The summed E-state index contributed by atoms with van der Waals surface area (Å²) in [5.41, 5.74) is 3.15. The van der Waals surface area contributed by atoms with E-state index in [4.69, 9.17) is 9.15 Å². The second-order valence-electron chi connectivity index (χ2n) is 6.87. The van der Waals surface area contributed by atoms with Gasteiger partial charge in [0.15, 0.2) is 11.8 Å². The molecule has 6 nitrogen and oxygen atoms in total. The van der Waals surface area contributed by atoms with Gasteiger partial charge >= 0.3 is 5.97 Å². The quantitative estimate of drug-likeness (QED) is 0.486. The Bertz CT molecular complexity index is 958. The number of ketones is 1. The third-order valence-corrected chi connectivity index (χ3v) is 4.98. The average Bonchev–Trinajstić information content (AvgIpc) is 3.33. The van der Waals surface area contributed by atoms with Gasteiger partial charge in [0, 0.05) is 11.3 Å². The predicted octanol–water partition coefficient (Wildman–Crippen LogP) is 2.94. The summed E-state index contributed by atoms with van der Waals surface area (Å²) >= 11 is 0. The zero-order valence-corrected chi connectivity index (χ0v) is 16.5. The van der Waals surface area contributed by atoms with Crippen LogP contribution < -0.4 is 5.32 Å². The van der Waals surface area contributed by atoms with E-state index in [-0.39, 0.29) is 11.8 Å². The van der Waals surface area contributed by atoms with Gasteiger partial charge in [0.05, 0.1) is 24.6 Å². The van der Waals surface area contributed by atoms with Crippen molar-refractivity contribution in [3.05, 3.63) is 82.6 Å². The summed E-state index contributed by atoms with van der Waals surface area (Å²) in [5, 5.41) is 1.98. The number of aromatic amines is 1. The average molecular weight is 381 g/mol. The summed E-state index contributed by atoms with van der Waals surface area (Å²) in [6.07, 6.45) is 1.63. The zero-order chi connectivity index (χ0) is 20.3. The normalized spacial score (nSPS) is 13.1. The highest BCUT2D eigenvalue weighted by Gasteiger charge is 2.30. The van der Waals surface area contributed by atoms with Crippen LogP contribution in [0.1, 0.15) is 56.4 Å². The van der Waals surface area contributed by atoms with Gasteiger partial charge in [0.25, 0.3) is 0 Å². The Morgan fingerprint density at radius 1 is 1.11 bits per heavy atom. The van der Waals surface area contributed by atoms with E-state index in [1.165, 1.54) is 7.11 Å². The Labute approximate surface area is 163 Å². The van der Waals surface area contributed by atoms with E-state index in [0.717, 1.165) is 11.3 Å². The first-order chi connectivity index (χ1) is 13.4. The van der Waals surface area contributed by atoms with Gasteiger partial charge in [0.1, 0.15) is 6.04 Å². The van der Waals surface area contributed by atoms with E-state index in [1.54, 1.807) is 20.1 Å². The summed E-state index contributed by atoms with van der Waals surface area (Å²) in [5.74, 6) is 0.253. The Balaban J connectivity index is 1.88. The third-order valence-electron chi connectivity index (χ3n) is 4.98. The van der Waals surface area contributed by atoms with Crippen LogP contribution >= 0.6 is 0 Å². The molecule has 146 valence electrons. The number of nitrogens with two attached hydrogens (primary N) is 1. The second kappa shape index (κ2) is 8.27. The number of furan rings is 1. The van der Waals surface area contributed by atoms with Crippen LogP contribution in [0.3, 0.4) is 0 Å². The number of aryl methyl sites for hydroxylation is 1. The molecule has 0 aliphatic heterocycles. The highest BCUT2D eigenvalue weighted by atomic mass is 16.5. The van der Waals surface area contributed by atoms with Crippen molar-refractivity contribution in [1.29, 1.82) is 0 Å². The molecular weight excluding hydrogens is 356 g/mol. The second-order valence-corrected chi connectivity index (χ2v) is 6.87. The summed E-state index contributed by atoms with van der Waals surface area (Å²) in [6, 6.07) is 13.1. The maximum absolute atomic E-state index is 13.1. The number of rotatable bonds is 7. The molecule has 3 rings (SSSR count). The summed E-state index contributed by atoms with van der Waals surface area (Å²) in [4.78, 5) is 28.2. The van der Waals surface area contributed by atoms with Crippen molar-refractivity contribution in [2.24, 2.45) is 0 Å². The van der Waals surface area contributed by atoms with Crippen molar-refractivity contribution in [2.45, 2.75) is 32.9 Å². The molecule has 2 atom stereocenters. The summed E-state index contributed by atoms with van der Waals surface area (Å²) in [6.45, 7) is 5.38. The molecular formula is C22H25N2O4+. The fourth-order valence-electron chi connectivity index (χ4n) is 3.51. The van der Waals surface area contributed by atoms with Crippen LogP contribution in [0.4, 0.5) is 0 Å². The van der Waals surface area contributed by atoms with Gasteiger partial charge in [-0.1, -0.05) is 30.3 Å². The van der Waals surface area contributed by atoms with Crippen LogP contribution in [0.2, 0.25) is 0 Å². The first-order valence-electron chi connectivity index (χ1n) is 9.19. The highest BCUT2D eigenvalue weighted by molar-refractivity contribution is 6.03. The van der Waals surface area contributed by atoms with E-state index in [1.807, 2.05) is 54.7 Å². The van der Waals surface area contributed by atoms with Crippen LogP contribution in [0.25, 0.3) is 0 Å². The van der Waals surface area contributed by atoms with Crippen molar-refractivity contribution in [3.8, 4) is 0 Å². The number of ether oxygens (including phenoxy) is 1. The number of hydrogen-bond donors (Lipinski definition) is 2. The number of carbonyl (C=O) groups is 2. The van der Waals surface area contributed by atoms with Crippen molar-refractivity contribution >= 4 is 11.8 Å². The standard InChI is InChI=1S/C22H24N2O4/c1-13-18(22(26)27-4)14(2)23-19(13)21(25)15(3)24-20(17-11-8-12-28-17)16-9-6-5-7-10-16/h5-12,15,20,23-24H,1-4H3/p+1/t15-,20-/m1/s1. The first kappa shape index (κ1) is 19.6. The van der Waals surface area contributed by atoms with Crippen molar-refractivity contribution in [2.75, 3.05) is 7.11 Å². The molecule has 0 aliphatic carbocycles. The monoisotopic (exact) mass is 381 g/mol. The van der Waals surface area contributed by atoms with Crippen molar-refractivity contribution < 1.29 is 24.1 Å². The smallest absolute Gasteiger partial charge is 0.339 e. The summed E-state index contributed by atoms with van der Waals surface area (Å²) in [7, 11) is 1.33. The number of H-pyrrole nitrogens is 1. The third kappa shape index (κ3) is 3.77. The number of aromatic nitrogens is 1. The van der Waals surface area contributed by atoms with E-state index in [0.29, 0.717) is 22.5 Å². The van der Waals surface area contributed by atoms with Gasteiger partial charge < -0.3 is 19.5 Å². The Kier molecular flexibility index (Phi) is 5.80. The fraction of sp³-hybridized carbons (Fsp3) is 0.273. The van der Waals surface area contributed by atoms with Crippen LogP contribution in [0.5, 0.6) is 0 Å². The lowest BCUT2D eigenvalue weighted by Crippen LogP contribution is -2.92. The molecule has 1 aromatic carbocycles. The maximum atomic E-state index is 13.1. The largest absolute Gasteiger partial charge is 0.465 e. The first-order valence-corrected chi connectivity index (χ1v) is 9.19. The zero-order valence-electron chi connectivity index (χ0n) is 16.5. The van der Waals surface area contributed by atoms with E-state index in [9.17, 15) is 9.59 Å². The number of carbonyl (C=O) groups excluding carboxylic acids is 2. The molecule has 0 radical (unpaired) electrons. The Morgan fingerprint density at radius 2 is 1.82 bits per heavy atom. The number of methoxy groups -OCH3 is 1. The van der Waals surface area contributed by atoms with Gasteiger partial charge in [-0.3, -0.25) is 4.79 Å². The van der Waals surface area contributed by atoms with Gasteiger partial charge in [-0.05, 0) is 38.5 Å². The molecule has 0 bridgehead atoms. The Morgan fingerprint density at radius 3 is 2.43 bits per heavy atom. The number of nitrogens with one attached hydrogen (secondary N) is 1. The molecule has 0 fully saturated rings. The van der Waals surface area contributed by atoms with Gasteiger partial charge in [-0.15, -0.1) is 0 Å². The maximum Gasteiger partial charge on any atom is 0.339 e. The number of hydrogen-bond acceptors (Lipinski definition) is 4. The lowest BCUT2D eigenvalue weighted by Gasteiger charge is -2.18. The number of quaternary nitrogens is 1. The van der Waals surface area contributed by atoms with Gasteiger partial charge in [-0.2, -0.15) is 0 Å². The molecule has 3 N–H and O–H groups in total. The van der Waals surface area contributed by atoms with Crippen LogP contribution in [0.15, 0.2) is 53.1 Å². The minimum absolute atomic E-state index is 0.0803. The van der Waals surface area contributed by atoms with Crippen LogP contribution in [-0.2, 0) is 4.74 Å². The van der Waals surface area contributed by atoms with E-state index in [2.05, 4.69) is 4.98 Å². The highest BCUT2D eigenvalue weighted by Crippen LogP contribution is 2.21. The minimum Gasteiger partial charge on any atom is -0.465 e. The number of esters is 1. The minimum atomic E-state index is -0.445. The lowest BCUT2D eigenvalue weighted by molar-refractivity contribution is -0.705. The molecule has 0 saturated carbocycles. The number of Topliss-reactive ketones (excluding diaryl/α,β-unsaturated/α-hetero) is 1. The van der Waals surface area contributed by atoms with E-state index >= 15 is 0 Å². The fourth-order valence-corrected chi connectivity index (χ4v) is 3.51. The van der Waals surface area contributed by atoms with Gasteiger partial charge in [-0.25, -0.2) is 4.79 Å². The molecule has 28 heavy (non-hydrogen) atoms. The molecule has 0 amide bonds. The predicted molar refractivity (Wildman–Crippen MR) is 104 cm³/mol. The van der Waals surface area contributed by atoms with Crippen LogP contribution in [0, 0.1) is 13.8 Å². The van der Waals surface area contributed by atoms with Crippen molar-refractivity contribution in [3.63, 3.8) is 0 Å². The summed E-state index contributed by atoms with van der Waals surface area (Å²) < 4.78 is 10.5. The Hall–Kier alpha value is -3.12.